The summed E-state index contributed by atoms with van der Waals surface area (Å²) < 4.78 is 7.10. The first kappa shape index (κ1) is 17.4. The van der Waals surface area contributed by atoms with Gasteiger partial charge in [0.2, 0.25) is 0 Å². The van der Waals surface area contributed by atoms with Crippen molar-refractivity contribution in [2.45, 2.75) is 6.92 Å². The summed E-state index contributed by atoms with van der Waals surface area (Å²) in [4.78, 5) is 28.0. The van der Waals surface area contributed by atoms with Gasteiger partial charge in [-0.15, -0.1) is 11.3 Å². The van der Waals surface area contributed by atoms with Crippen LogP contribution in [0.15, 0.2) is 36.4 Å². The Morgan fingerprint density at radius 3 is 2.78 bits per heavy atom. The molecule has 9 heteroatoms. The molecule has 0 bridgehead atoms. The number of aromatic nitrogens is 1. The Hall–Kier alpha value is -3.04. The molecule has 7 nitrogen and oxygen atoms in total. The largest absolute Gasteiger partial charge is 0.494 e. The number of anilines is 1. The summed E-state index contributed by atoms with van der Waals surface area (Å²) >= 11 is 2.66. The Balaban J connectivity index is 1.66. The van der Waals surface area contributed by atoms with E-state index in [-0.39, 0.29) is 11.6 Å². The summed E-state index contributed by atoms with van der Waals surface area (Å²) in [5.41, 5.74) is 1.77. The smallest absolute Gasteiger partial charge is 0.270 e. The Labute approximate surface area is 161 Å². The van der Waals surface area contributed by atoms with Gasteiger partial charge in [0, 0.05) is 22.2 Å². The van der Waals surface area contributed by atoms with Crippen molar-refractivity contribution in [1.29, 1.82) is 0 Å². The number of amides is 1. The van der Waals surface area contributed by atoms with Crippen LogP contribution in [0.25, 0.3) is 20.3 Å². The molecule has 1 N–H and O–H groups in total. The first-order valence-electron chi connectivity index (χ1n) is 7.90. The summed E-state index contributed by atoms with van der Waals surface area (Å²) in [6.07, 6.45) is 0. The van der Waals surface area contributed by atoms with E-state index in [0.29, 0.717) is 26.7 Å². The number of hydrogen-bond acceptors (Lipinski definition) is 7. The minimum absolute atomic E-state index is 0.000927. The van der Waals surface area contributed by atoms with Gasteiger partial charge in [-0.05, 0) is 30.7 Å². The van der Waals surface area contributed by atoms with Gasteiger partial charge in [0.1, 0.15) is 11.3 Å². The molecule has 0 fully saturated rings. The Morgan fingerprint density at radius 1 is 1.22 bits per heavy atom. The van der Waals surface area contributed by atoms with Gasteiger partial charge in [-0.2, -0.15) is 0 Å². The van der Waals surface area contributed by atoms with Crippen LogP contribution in [0.4, 0.5) is 10.8 Å². The predicted octanol–water partition coefficient (Wildman–Crippen LogP) is 4.99. The van der Waals surface area contributed by atoms with Gasteiger partial charge in [-0.1, -0.05) is 17.4 Å². The van der Waals surface area contributed by atoms with E-state index in [1.165, 1.54) is 34.8 Å². The Kier molecular flexibility index (Phi) is 4.25. The molecule has 0 spiro atoms. The number of thiazole rings is 1. The maximum Gasteiger partial charge on any atom is 0.270 e. The number of aryl methyl sites for hydroxylation is 1. The summed E-state index contributed by atoms with van der Waals surface area (Å²) in [5.74, 6) is 0.357. The zero-order chi connectivity index (χ0) is 19.1. The lowest BCUT2D eigenvalue weighted by Gasteiger charge is -2.01. The van der Waals surface area contributed by atoms with Gasteiger partial charge in [-0.25, -0.2) is 4.98 Å². The third-order valence-electron chi connectivity index (χ3n) is 4.08. The standard InChI is InChI=1S/C18H13N3O4S2/c1-9-3-5-12(25-2)15-16(9)27-18(19-15)20-17(22)14-8-10-7-11(21(23)24)4-6-13(10)26-14/h3-8H,1-2H3,(H,19,20,22). The second-order valence-corrected chi connectivity index (χ2v) is 7.91. The lowest BCUT2D eigenvalue weighted by molar-refractivity contribution is -0.384. The molecule has 27 heavy (non-hydrogen) atoms. The fraction of sp³-hybridized carbons (Fsp3) is 0.111. The third kappa shape index (κ3) is 3.11. The van der Waals surface area contributed by atoms with Crippen molar-refractivity contribution < 1.29 is 14.5 Å². The number of thiophene rings is 1. The molecular weight excluding hydrogens is 386 g/mol. The normalized spacial score (nSPS) is 11.0. The van der Waals surface area contributed by atoms with Crippen LogP contribution in [-0.4, -0.2) is 22.9 Å². The number of nitro groups is 1. The molecule has 0 saturated heterocycles. The van der Waals surface area contributed by atoms with Gasteiger partial charge in [0.25, 0.3) is 11.6 Å². The van der Waals surface area contributed by atoms with E-state index in [2.05, 4.69) is 10.3 Å². The zero-order valence-electron chi connectivity index (χ0n) is 14.3. The lowest BCUT2D eigenvalue weighted by atomic mass is 10.2. The lowest BCUT2D eigenvalue weighted by Crippen LogP contribution is -2.09. The molecule has 0 unspecified atom stereocenters. The summed E-state index contributed by atoms with van der Waals surface area (Å²) in [6.45, 7) is 1.98. The number of carbonyl (C=O) groups is 1. The summed E-state index contributed by atoms with van der Waals surface area (Å²) in [7, 11) is 1.58. The van der Waals surface area contributed by atoms with E-state index in [1.54, 1.807) is 19.2 Å². The van der Waals surface area contributed by atoms with Crippen molar-refractivity contribution in [3.05, 3.63) is 57.0 Å². The fourth-order valence-corrected chi connectivity index (χ4v) is 4.63. The van der Waals surface area contributed by atoms with E-state index in [4.69, 9.17) is 4.74 Å². The Bertz CT molecular complexity index is 1210. The second-order valence-electron chi connectivity index (χ2n) is 5.83. The van der Waals surface area contributed by atoms with E-state index < -0.39 is 4.92 Å². The number of nitrogens with one attached hydrogen (secondary N) is 1. The molecule has 4 rings (SSSR count). The molecule has 2 aromatic heterocycles. The number of ether oxygens (including phenoxy) is 1. The highest BCUT2D eigenvalue weighted by atomic mass is 32.1. The number of rotatable bonds is 4. The number of fused-ring (bicyclic) bond motifs is 2. The van der Waals surface area contributed by atoms with Gasteiger partial charge >= 0.3 is 0 Å². The van der Waals surface area contributed by atoms with Crippen molar-refractivity contribution in [2.24, 2.45) is 0 Å². The van der Waals surface area contributed by atoms with Crippen molar-refractivity contribution in [1.82, 2.24) is 4.98 Å². The zero-order valence-corrected chi connectivity index (χ0v) is 15.9. The van der Waals surface area contributed by atoms with E-state index in [9.17, 15) is 14.9 Å². The van der Waals surface area contributed by atoms with Crippen LogP contribution in [0.5, 0.6) is 5.75 Å². The average Bonchev–Trinajstić information content (AvgIpc) is 3.25. The summed E-state index contributed by atoms with van der Waals surface area (Å²) in [5, 5.41) is 14.9. The maximum absolute atomic E-state index is 12.6. The maximum atomic E-state index is 12.6. The minimum atomic E-state index is -0.451. The van der Waals surface area contributed by atoms with Crippen LogP contribution in [0, 0.1) is 17.0 Å². The van der Waals surface area contributed by atoms with E-state index in [1.807, 2.05) is 19.1 Å². The van der Waals surface area contributed by atoms with Crippen LogP contribution in [0.2, 0.25) is 0 Å². The molecule has 2 heterocycles. The van der Waals surface area contributed by atoms with Crippen LogP contribution in [0.3, 0.4) is 0 Å². The number of hydrogen-bond donors (Lipinski definition) is 1. The molecule has 0 atom stereocenters. The van der Waals surface area contributed by atoms with Crippen LogP contribution >= 0.6 is 22.7 Å². The first-order valence-corrected chi connectivity index (χ1v) is 9.53. The molecule has 2 aromatic carbocycles. The molecule has 1 amide bonds. The molecule has 0 saturated carbocycles. The third-order valence-corrected chi connectivity index (χ3v) is 6.30. The topological polar surface area (TPSA) is 94.4 Å². The summed E-state index contributed by atoms with van der Waals surface area (Å²) in [6, 6.07) is 10.0. The highest BCUT2D eigenvalue weighted by Gasteiger charge is 2.17. The van der Waals surface area contributed by atoms with E-state index >= 15 is 0 Å². The van der Waals surface area contributed by atoms with Crippen LogP contribution in [-0.2, 0) is 0 Å². The van der Waals surface area contributed by atoms with Crippen LogP contribution < -0.4 is 10.1 Å². The fourth-order valence-electron chi connectivity index (χ4n) is 2.74. The van der Waals surface area contributed by atoms with Crippen molar-refractivity contribution in [2.75, 3.05) is 12.4 Å². The highest BCUT2D eigenvalue weighted by Crippen LogP contribution is 2.35. The van der Waals surface area contributed by atoms with Crippen molar-refractivity contribution in [3.8, 4) is 5.75 Å². The quantitative estimate of drug-likeness (QED) is 0.385. The minimum Gasteiger partial charge on any atom is -0.494 e. The van der Waals surface area contributed by atoms with Gasteiger partial charge in [0.15, 0.2) is 5.13 Å². The number of nitrogens with zero attached hydrogens (tertiary/aromatic N) is 2. The number of methoxy groups -OCH3 is 1. The van der Waals surface area contributed by atoms with Gasteiger partial charge < -0.3 is 4.74 Å². The Morgan fingerprint density at radius 2 is 2.04 bits per heavy atom. The first-order chi connectivity index (χ1) is 13.0. The number of carbonyl (C=O) groups excluding carboxylic acids is 1. The van der Waals surface area contributed by atoms with Gasteiger partial charge in [0.05, 0.1) is 21.6 Å². The number of nitro benzene ring substituents is 1. The second kappa shape index (κ2) is 6.60. The van der Waals surface area contributed by atoms with E-state index in [0.717, 1.165) is 15.0 Å². The average molecular weight is 399 g/mol. The van der Waals surface area contributed by atoms with Crippen LogP contribution in [0.1, 0.15) is 15.2 Å². The molecular formula is C18H13N3O4S2. The van der Waals surface area contributed by atoms with Crippen molar-refractivity contribution in [3.63, 3.8) is 0 Å². The molecule has 0 radical (unpaired) electrons. The SMILES string of the molecule is COc1ccc(C)c2sc(NC(=O)c3cc4cc([N+](=O)[O-])ccc4s3)nc12. The molecule has 136 valence electrons. The molecule has 0 aliphatic carbocycles. The molecule has 4 aromatic rings. The number of benzene rings is 2. The highest BCUT2D eigenvalue weighted by molar-refractivity contribution is 7.23. The van der Waals surface area contributed by atoms with Gasteiger partial charge in [-0.3, -0.25) is 20.2 Å². The molecule has 0 aliphatic heterocycles. The monoisotopic (exact) mass is 399 g/mol. The number of non-ortho nitro benzene ring substituents is 1. The van der Waals surface area contributed by atoms with Crippen molar-refractivity contribution >= 4 is 59.7 Å². The predicted molar refractivity (Wildman–Crippen MR) is 107 cm³/mol. The molecule has 0 aliphatic rings.